The number of hydrogen-bond donors (Lipinski definition) is 1. The topological polar surface area (TPSA) is 41.6 Å². The van der Waals surface area contributed by atoms with Crippen molar-refractivity contribution in [3.05, 3.63) is 76.5 Å². The molecule has 1 atom stereocenters. The third-order valence-corrected chi connectivity index (χ3v) is 4.62. The summed E-state index contributed by atoms with van der Waals surface area (Å²) in [6, 6.07) is 16.6. The monoisotopic (exact) mass is 372 g/mol. The fourth-order valence-electron chi connectivity index (χ4n) is 2.94. The van der Waals surface area contributed by atoms with Crippen LogP contribution in [0.15, 0.2) is 65.9 Å². The average molecular weight is 373 g/mol. The highest BCUT2D eigenvalue weighted by Crippen LogP contribution is 2.34. The van der Waals surface area contributed by atoms with E-state index in [0.717, 1.165) is 16.9 Å². The van der Waals surface area contributed by atoms with Crippen LogP contribution < -0.4 is 10.2 Å². The number of methoxy groups -OCH3 is 1. The SMILES string of the molecule is COC(=O)C1=C(C)N(c2ccccc2)C(=S)N[C@@H]1c1cccc(Cl)c1. The Hall–Kier alpha value is -2.37. The van der Waals surface area contributed by atoms with Gasteiger partial charge in [0.15, 0.2) is 5.11 Å². The standard InChI is InChI=1S/C19H17ClN2O2S/c1-12-16(18(23)24-2)17(13-7-6-8-14(20)11-13)21-19(25)22(12)15-9-4-3-5-10-15/h3-11,17H,1-2H3,(H,21,25)/t17-/m1/s1. The van der Waals surface area contributed by atoms with E-state index < -0.39 is 12.0 Å². The highest BCUT2D eigenvalue weighted by molar-refractivity contribution is 7.80. The summed E-state index contributed by atoms with van der Waals surface area (Å²) in [4.78, 5) is 14.3. The van der Waals surface area contributed by atoms with E-state index in [4.69, 9.17) is 28.6 Å². The lowest BCUT2D eigenvalue weighted by Gasteiger charge is -2.37. The van der Waals surface area contributed by atoms with E-state index in [0.29, 0.717) is 15.7 Å². The molecule has 2 aromatic carbocycles. The third-order valence-electron chi connectivity index (χ3n) is 4.09. The first-order valence-corrected chi connectivity index (χ1v) is 8.51. The maximum atomic E-state index is 12.5. The Balaban J connectivity index is 2.14. The molecule has 1 aliphatic heterocycles. The molecule has 0 saturated heterocycles. The van der Waals surface area contributed by atoms with Crippen LogP contribution in [0.2, 0.25) is 5.02 Å². The molecule has 128 valence electrons. The van der Waals surface area contributed by atoms with Crippen LogP contribution >= 0.6 is 23.8 Å². The van der Waals surface area contributed by atoms with Crippen LogP contribution in [-0.2, 0) is 9.53 Å². The number of rotatable bonds is 3. The van der Waals surface area contributed by atoms with Crippen molar-refractivity contribution in [2.75, 3.05) is 12.0 Å². The van der Waals surface area contributed by atoms with E-state index in [1.165, 1.54) is 7.11 Å². The molecule has 0 unspecified atom stereocenters. The number of halogens is 1. The van der Waals surface area contributed by atoms with Gasteiger partial charge in [0.25, 0.3) is 0 Å². The summed E-state index contributed by atoms with van der Waals surface area (Å²) in [6.07, 6.45) is 0. The van der Waals surface area contributed by atoms with E-state index >= 15 is 0 Å². The number of nitrogens with one attached hydrogen (secondary N) is 1. The minimum atomic E-state index is -0.418. The predicted molar refractivity (Wildman–Crippen MR) is 104 cm³/mol. The van der Waals surface area contributed by atoms with E-state index in [9.17, 15) is 4.79 Å². The molecule has 0 radical (unpaired) electrons. The number of carbonyl (C=O) groups is 1. The maximum absolute atomic E-state index is 12.5. The fourth-order valence-corrected chi connectivity index (χ4v) is 3.50. The Morgan fingerprint density at radius 2 is 1.92 bits per heavy atom. The molecular formula is C19H17ClN2O2S. The van der Waals surface area contributed by atoms with Crippen molar-refractivity contribution in [2.45, 2.75) is 13.0 Å². The zero-order chi connectivity index (χ0) is 18.0. The van der Waals surface area contributed by atoms with Gasteiger partial charge < -0.3 is 10.1 Å². The average Bonchev–Trinajstić information content (AvgIpc) is 2.61. The molecule has 0 fully saturated rings. The molecule has 1 N–H and O–H groups in total. The predicted octanol–water partition coefficient (Wildman–Crippen LogP) is 4.22. The minimum Gasteiger partial charge on any atom is -0.466 e. The number of esters is 1. The molecule has 1 aliphatic rings. The van der Waals surface area contributed by atoms with Gasteiger partial charge in [-0.3, -0.25) is 4.90 Å². The number of thiocarbonyl (C=S) groups is 1. The Bertz CT molecular complexity index is 852. The van der Waals surface area contributed by atoms with Gasteiger partial charge in [-0.2, -0.15) is 0 Å². The zero-order valence-corrected chi connectivity index (χ0v) is 15.4. The number of carbonyl (C=O) groups excluding carboxylic acids is 1. The number of nitrogens with zero attached hydrogens (tertiary/aromatic N) is 1. The van der Waals surface area contributed by atoms with Crippen molar-refractivity contribution >= 4 is 40.6 Å². The van der Waals surface area contributed by atoms with Crippen molar-refractivity contribution in [3.8, 4) is 0 Å². The molecule has 1 heterocycles. The summed E-state index contributed by atoms with van der Waals surface area (Å²) >= 11 is 11.7. The highest BCUT2D eigenvalue weighted by Gasteiger charge is 2.35. The molecule has 0 aromatic heterocycles. The molecule has 2 aromatic rings. The van der Waals surface area contributed by atoms with Crippen LogP contribution in [-0.4, -0.2) is 18.2 Å². The van der Waals surface area contributed by atoms with Gasteiger partial charge in [0.05, 0.1) is 18.7 Å². The number of ether oxygens (including phenoxy) is 1. The number of anilines is 1. The summed E-state index contributed by atoms with van der Waals surface area (Å²) in [6.45, 7) is 1.87. The second-order valence-corrected chi connectivity index (χ2v) is 6.42. The Morgan fingerprint density at radius 3 is 2.56 bits per heavy atom. The number of hydrogen-bond acceptors (Lipinski definition) is 3. The van der Waals surface area contributed by atoms with Crippen molar-refractivity contribution < 1.29 is 9.53 Å². The van der Waals surface area contributed by atoms with E-state index in [-0.39, 0.29) is 0 Å². The first-order valence-electron chi connectivity index (χ1n) is 7.73. The van der Waals surface area contributed by atoms with Gasteiger partial charge >= 0.3 is 5.97 Å². The van der Waals surface area contributed by atoms with Crippen LogP contribution in [0.5, 0.6) is 0 Å². The van der Waals surface area contributed by atoms with Gasteiger partial charge in [0.2, 0.25) is 0 Å². The zero-order valence-electron chi connectivity index (χ0n) is 13.8. The molecule has 3 rings (SSSR count). The van der Waals surface area contributed by atoms with Gasteiger partial charge in [-0.05, 0) is 49.0 Å². The summed E-state index contributed by atoms with van der Waals surface area (Å²) in [7, 11) is 1.37. The molecule has 0 amide bonds. The number of para-hydroxylation sites is 1. The van der Waals surface area contributed by atoms with Gasteiger partial charge in [0.1, 0.15) is 0 Å². The lowest BCUT2D eigenvalue weighted by atomic mass is 9.95. The van der Waals surface area contributed by atoms with Gasteiger partial charge in [-0.25, -0.2) is 4.79 Å². The molecule has 0 spiro atoms. The second kappa shape index (κ2) is 7.25. The van der Waals surface area contributed by atoms with Crippen molar-refractivity contribution in [3.63, 3.8) is 0 Å². The highest BCUT2D eigenvalue weighted by atomic mass is 35.5. The van der Waals surface area contributed by atoms with Crippen LogP contribution in [0, 0.1) is 0 Å². The minimum absolute atomic E-state index is 0.404. The molecule has 0 aliphatic carbocycles. The molecule has 0 bridgehead atoms. The molecule has 6 heteroatoms. The maximum Gasteiger partial charge on any atom is 0.337 e. The van der Waals surface area contributed by atoms with E-state index in [1.807, 2.05) is 60.4 Å². The lowest BCUT2D eigenvalue weighted by molar-refractivity contribution is -0.136. The van der Waals surface area contributed by atoms with Gasteiger partial charge in [-0.15, -0.1) is 0 Å². The van der Waals surface area contributed by atoms with E-state index in [1.54, 1.807) is 6.07 Å². The van der Waals surface area contributed by atoms with Crippen molar-refractivity contribution in [2.24, 2.45) is 0 Å². The van der Waals surface area contributed by atoms with Gasteiger partial charge in [0, 0.05) is 16.4 Å². The molecule has 25 heavy (non-hydrogen) atoms. The quantitative estimate of drug-likeness (QED) is 0.645. The lowest BCUT2D eigenvalue weighted by Crippen LogP contribution is -2.48. The van der Waals surface area contributed by atoms with Crippen LogP contribution in [0.3, 0.4) is 0 Å². The van der Waals surface area contributed by atoms with Crippen LogP contribution in [0.4, 0.5) is 5.69 Å². The molecule has 4 nitrogen and oxygen atoms in total. The summed E-state index contributed by atoms with van der Waals surface area (Å²) in [5.41, 5.74) is 2.96. The summed E-state index contributed by atoms with van der Waals surface area (Å²) in [5.74, 6) is -0.404. The number of allylic oxidation sites excluding steroid dienone is 1. The van der Waals surface area contributed by atoms with Crippen molar-refractivity contribution in [1.82, 2.24) is 5.32 Å². The molecule has 0 saturated carbocycles. The van der Waals surface area contributed by atoms with E-state index in [2.05, 4.69) is 5.32 Å². The first kappa shape index (κ1) is 17.5. The number of benzene rings is 2. The second-order valence-electron chi connectivity index (χ2n) is 5.60. The Morgan fingerprint density at radius 1 is 1.20 bits per heavy atom. The first-order chi connectivity index (χ1) is 12.0. The smallest absolute Gasteiger partial charge is 0.337 e. The summed E-state index contributed by atoms with van der Waals surface area (Å²) < 4.78 is 5.02. The Labute approximate surface area is 157 Å². The molecular weight excluding hydrogens is 356 g/mol. The van der Waals surface area contributed by atoms with Crippen LogP contribution in [0.1, 0.15) is 18.5 Å². The van der Waals surface area contributed by atoms with Gasteiger partial charge in [-0.1, -0.05) is 41.9 Å². The third kappa shape index (κ3) is 3.38. The van der Waals surface area contributed by atoms with Crippen molar-refractivity contribution in [1.29, 1.82) is 0 Å². The fraction of sp³-hybridized carbons (Fsp3) is 0.158. The van der Waals surface area contributed by atoms with Crippen LogP contribution in [0.25, 0.3) is 0 Å². The largest absolute Gasteiger partial charge is 0.466 e. The Kier molecular flexibility index (Phi) is 5.06. The summed E-state index contributed by atoms with van der Waals surface area (Å²) in [5, 5.41) is 4.35. The normalized spacial score (nSPS) is 17.3.